The third kappa shape index (κ3) is 4.60. The van der Waals surface area contributed by atoms with E-state index in [-0.39, 0.29) is 17.3 Å². The highest BCUT2D eigenvalue weighted by atomic mass is 32.2. The monoisotopic (exact) mass is 427 g/mol. The molecule has 10 heteroatoms. The number of thioether (sulfide) groups is 1. The summed E-state index contributed by atoms with van der Waals surface area (Å²) in [6.07, 6.45) is 0. The average Bonchev–Trinajstić information content (AvgIpc) is 3.08. The van der Waals surface area contributed by atoms with Crippen LogP contribution in [0.25, 0.3) is 11.4 Å². The summed E-state index contributed by atoms with van der Waals surface area (Å²) in [4.78, 5) is 23.2. The number of rotatable bonds is 7. The average molecular weight is 427 g/mol. The van der Waals surface area contributed by atoms with E-state index in [9.17, 15) is 14.9 Å². The van der Waals surface area contributed by atoms with Crippen LogP contribution in [0.5, 0.6) is 5.75 Å². The fourth-order valence-electron chi connectivity index (χ4n) is 2.81. The molecule has 1 heterocycles. The molecule has 1 N–H and O–H groups in total. The lowest BCUT2D eigenvalue weighted by atomic mass is 10.1. The molecule has 1 aromatic heterocycles. The summed E-state index contributed by atoms with van der Waals surface area (Å²) in [5, 5.41) is 22.2. The van der Waals surface area contributed by atoms with Gasteiger partial charge in [-0.1, -0.05) is 35.5 Å². The van der Waals surface area contributed by atoms with E-state index in [1.54, 1.807) is 6.92 Å². The second kappa shape index (κ2) is 8.95. The highest BCUT2D eigenvalue weighted by molar-refractivity contribution is 8.00. The van der Waals surface area contributed by atoms with Crippen molar-refractivity contribution in [3.63, 3.8) is 0 Å². The molecule has 2 aromatic carbocycles. The number of hydrogen-bond acceptors (Lipinski definition) is 7. The topological polar surface area (TPSA) is 112 Å². The third-order valence-corrected chi connectivity index (χ3v) is 5.55. The Balaban J connectivity index is 1.76. The maximum Gasteiger partial charge on any atom is 0.271 e. The summed E-state index contributed by atoms with van der Waals surface area (Å²) in [5.41, 5.74) is 2.16. The number of benzene rings is 2. The standard InChI is InChI=1S/C20H21N5O4S/c1-12-6-5-7-14(10-12)18-22-23-20(24(18)3)30-13(2)19(26)21-16-11-15(25(27)28)8-9-17(16)29-4/h5-11,13H,1-4H3,(H,21,26)/t13-/m0/s1. The molecule has 0 spiro atoms. The predicted octanol–water partition coefficient (Wildman–Crippen LogP) is 3.83. The zero-order valence-electron chi connectivity index (χ0n) is 16.9. The predicted molar refractivity (Wildman–Crippen MR) is 115 cm³/mol. The van der Waals surface area contributed by atoms with E-state index in [0.29, 0.717) is 16.7 Å². The van der Waals surface area contributed by atoms with Gasteiger partial charge < -0.3 is 14.6 Å². The van der Waals surface area contributed by atoms with Crippen LogP contribution in [0.4, 0.5) is 11.4 Å². The van der Waals surface area contributed by atoms with Gasteiger partial charge >= 0.3 is 0 Å². The Kier molecular flexibility index (Phi) is 6.36. The highest BCUT2D eigenvalue weighted by Crippen LogP contribution is 2.31. The molecule has 3 aromatic rings. The number of anilines is 1. The molecule has 1 amide bonds. The van der Waals surface area contributed by atoms with Gasteiger partial charge in [-0.2, -0.15) is 0 Å². The van der Waals surface area contributed by atoms with Gasteiger partial charge in [0, 0.05) is 24.7 Å². The van der Waals surface area contributed by atoms with Gasteiger partial charge in [-0.05, 0) is 26.0 Å². The van der Waals surface area contributed by atoms with Gasteiger partial charge in [0.05, 0.1) is 23.0 Å². The van der Waals surface area contributed by atoms with Crippen LogP contribution in [0.3, 0.4) is 0 Å². The first-order valence-electron chi connectivity index (χ1n) is 9.06. The number of non-ortho nitro benzene ring substituents is 1. The van der Waals surface area contributed by atoms with Gasteiger partial charge in [0.1, 0.15) is 5.75 Å². The largest absolute Gasteiger partial charge is 0.495 e. The number of aryl methyl sites for hydroxylation is 1. The van der Waals surface area contributed by atoms with Crippen LogP contribution in [-0.4, -0.2) is 38.0 Å². The van der Waals surface area contributed by atoms with Crippen molar-refractivity contribution < 1.29 is 14.5 Å². The van der Waals surface area contributed by atoms with E-state index in [2.05, 4.69) is 15.5 Å². The Morgan fingerprint density at radius 1 is 1.27 bits per heavy atom. The molecule has 1 atom stereocenters. The van der Waals surface area contributed by atoms with E-state index < -0.39 is 10.2 Å². The number of nitrogens with zero attached hydrogens (tertiary/aromatic N) is 4. The number of nitro groups is 1. The zero-order valence-corrected chi connectivity index (χ0v) is 17.8. The van der Waals surface area contributed by atoms with Crippen molar-refractivity contribution in [2.45, 2.75) is 24.3 Å². The Bertz CT molecular complexity index is 1100. The Labute approximate surface area is 177 Å². The molecule has 3 rings (SSSR count). The van der Waals surface area contributed by atoms with Crippen LogP contribution in [0.1, 0.15) is 12.5 Å². The van der Waals surface area contributed by atoms with E-state index in [4.69, 9.17) is 4.74 Å². The molecule has 0 saturated carbocycles. The van der Waals surface area contributed by atoms with Gasteiger partial charge in [0.2, 0.25) is 5.91 Å². The highest BCUT2D eigenvalue weighted by Gasteiger charge is 2.21. The fraction of sp³-hybridized carbons (Fsp3) is 0.250. The molecule has 0 fully saturated rings. The van der Waals surface area contributed by atoms with Crippen LogP contribution in [0.2, 0.25) is 0 Å². The Morgan fingerprint density at radius 3 is 2.70 bits per heavy atom. The number of carbonyl (C=O) groups excluding carboxylic acids is 1. The Hall–Kier alpha value is -3.40. The number of nitro benzene ring substituents is 1. The number of hydrogen-bond donors (Lipinski definition) is 1. The van der Waals surface area contributed by atoms with Gasteiger partial charge in [-0.25, -0.2) is 0 Å². The summed E-state index contributed by atoms with van der Waals surface area (Å²) in [7, 11) is 3.27. The fourth-order valence-corrected chi connectivity index (χ4v) is 3.62. The molecular weight excluding hydrogens is 406 g/mol. The maximum atomic E-state index is 12.7. The van der Waals surface area contributed by atoms with Crippen molar-refractivity contribution in [1.82, 2.24) is 14.8 Å². The van der Waals surface area contributed by atoms with Crippen molar-refractivity contribution in [2.75, 3.05) is 12.4 Å². The molecule has 0 aliphatic rings. The molecule has 0 aliphatic carbocycles. The van der Waals surface area contributed by atoms with E-state index in [1.807, 2.05) is 42.8 Å². The number of nitrogens with one attached hydrogen (secondary N) is 1. The minimum atomic E-state index is -0.528. The molecular formula is C20H21N5O4S. The Morgan fingerprint density at radius 2 is 2.03 bits per heavy atom. The molecule has 9 nitrogen and oxygen atoms in total. The quantitative estimate of drug-likeness (QED) is 0.346. The molecule has 0 aliphatic heterocycles. The summed E-state index contributed by atoms with van der Waals surface area (Å²) in [6.45, 7) is 3.73. The normalized spacial score (nSPS) is 11.7. The summed E-state index contributed by atoms with van der Waals surface area (Å²) < 4.78 is 7.02. The zero-order chi connectivity index (χ0) is 21.8. The molecule has 0 radical (unpaired) electrons. The molecule has 0 unspecified atom stereocenters. The van der Waals surface area contributed by atoms with Crippen molar-refractivity contribution in [3.8, 4) is 17.1 Å². The molecule has 156 valence electrons. The summed E-state index contributed by atoms with van der Waals surface area (Å²) in [6, 6.07) is 12.0. The number of carbonyl (C=O) groups is 1. The molecule has 0 saturated heterocycles. The van der Waals surface area contributed by atoms with E-state index >= 15 is 0 Å². The number of ether oxygens (including phenoxy) is 1. The summed E-state index contributed by atoms with van der Waals surface area (Å²) in [5.74, 6) is 0.708. The number of methoxy groups -OCH3 is 1. The third-order valence-electron chi connectivity index (χ3n) is 4.41. The first kappa shape index (κ1) is 21.3. The van der Waals surface area contributed by atoms with E-state index in [0.717, 1.165) is 11.1 Å². The molecule has 0 bridgehead atoms. The second-order valence-corrected chi connectivity index (χ2v) is 7.93. The lowest BCUT2D eigenvalue weighted by molar-refractivity contribution is -0.384. The van der Waals surface area contributed by atoms with Crippen LogP contribution in [-0.2, 0) is 11.8 Å². The first-order chi connectivity index (χ1) is 14.3. The second-order valence-electron chi connectivity index (χ2n) is 6.63. The molecule has 30 heavy (non-hydrogen) atoms. The maximum absolute atomic E-state index is 12.7. The van der Waals surface area contributed by atoms with Crippen molar-refractivity contribution in [2.24, 2.45) is 7.05 Å². The van der Waals surface area contributed by atoms with Crippen LogP contribution < -0.4 is 10.1 Å². The van der Waals surface area contributed by atoms with Gasteiger partial charge in [0.25, 0.3) is 5.69 Å². The van der Waals surface area contributed by atoms with Crippen molar-refractivity contribution in [3.05, 3.63) is 58.1 Å². The van der Waals surface area contributed by atoms with Crippen LogP contribution in [0.15, 0.2) is 47.6 Å². The van der Waals surface area contributed by atoms with Crippen LogP contribution >= 0.6 is 11.8 Å². The van der Waals surface area contributed by atoms with Gasteiger partial charge in [0.15, 0.2) is 11.0 Å². The minimum Gasteiger partial charge on any atom is -0.495 e. The van der Waals surface area contributed by atoms with Crippen molar-refractivity contribution >= 4 is 29.0 Å². The SMILES string of the molecule is COc1ccc([N+](=O)[O-])cc1NC(=O)[C@H](C)Sc1nnc(-c2cccc(C)c2)n1C. The van der Waals surface area contributed by atoms with E-state index in [1.165, 1.54) is 37.1 Å². The smallest absolute Gasteiger partial charge is 0.271 e. The lowest BCUT2D eigenvalue weighted by Gasteiger charge is -2.14. The summed E-state index contributed by atoms with van der Waals surface area (Å²) >= 11 is 1.24. The van der Waals surface area contributed by atoms with Gasteiger partial charge in [-0.3, -0.25) is 14.9 Å². The van der Waals surface area contributed by atoms with Crippen molar-refractivity contribution in [1.29, 1.82) is 0 Å². The minimum absolute atomic E-state index is 0.137. The number of aromatic nitrogens is 3. The lowest BCUT2D eigenvalue weighted by Crippen LogP contribution is -2.23. The van der Waals surface area contributed by atoms with Crippen LogP contribution in [0, 0.1) is 17.0 Å². The van der Waals surface area contributed by atoms with Gasteiger partial charge in [-0.15, -0.1) is 10.2 Å². The first-order valence-corrected chi connectivity index (χ1v) is 9.94. The number of amides is 1.